The van der Waals surface area contributed by atoms with Crippen LogP contribution in [0.25, 0.3) is 0 Å². The van der Waals surface area contributed by atoms with Gasteiger partial charge < -0.3 is 5.32 Å². The minimum atomic E-state index is -3.61. The first kappa shape index (κ1) is 17.1. The number of rotatable bonds is 7. The molecule has 0 radical (unpaired) electrons. The summed E-state index contributed by atoms with van der Waals surface area (Å²) in [5.41, 5.74) is 0.416. The first-order chi connectivity index (χ1) is 10.4. The highest BCUT2D eigenvalue weighted by molar-refractivity contribution is 7.94. The van der Waals surface area contributed by atoms with E-state index in [1.807, 2.05) is 0 Å². The highest BCUT2D eigenvalue weighted by Crippen LogP contribution is 2.27. The third-order valence-electron chi connectivity index (χ3n) is 2.86. The molecule has 2 N–H and O–H groups in total. The lowest BCUT2D eigenvalue weighted by Crippen LogP contribution is -2.12. The van der Waals surface area contributed by atoms with Gasteiger partial charge in [0.15, 0.2) is 0 Å². The van der Waals surface area contributed by atoms with Gasteiger partial charge in [-0.1, -0.05) is 25.4 Å². The van der Waals surface area contributed by atoms with Crippen LogP contribution < -0.4 is 10.0 Å². The van der Waals surface area contributed by atoms with Crippen molar-refractivity contribution in [1.29, 1.82) is 0 Å². The van der Waals surface area contributed by atoms with E-state index >= 15 is 0 Å². The summed E-state index contributed by atoms with van der Waals surface area (Å²) < 4.78 is 27.4. The molecule has 0 amide bonds. The van der Waals surface area contributed by atoms with Crippen molar-refractivity contribution in [3.63, 3.8) is 0 Å². The lowest BCUT2D eigenvalue weighted by atomic mass is 10.1. The fraction of sp³-hybridized carbons (Fsp3) is 0.357. The molecular formula is C14H18ClN3O2S2. The Hall–Kier alpha value is -1.31. The number of thiophene rings is 1. The summed E-state index contributed by atoms with van der Waals surface area (Å²) in [6.07, 6.45) is 2.54. The van der Waals surface area contributed by atoms with Crippen molar-refractivity contribution in [3.8, 4) is 0 Å². The Balaban J connectivity index is 1.99. The predicted molar refractivity (Wildman–Crippen MR) is 92.3 cm³/mol. The van der Waals surface area contributed by atoms with Crippen LogP contribution >= 0.6 is 22.9 Å². The van der Waals surface area contributed by atoms with E-state index in [4.69, 9.17) is 11.6 Å². The predicted octanol–water partition coefficient (Wildman–Crippen LogP) is 4.06. The van der Waals surface area contributed by atoms with Crippen LogP contribution in [-0.2, 0) is 10.0 Å². The van der Waals surface area contributed by atoms with Crippen molar-refractivity contribution < 1.29 is 8.42 Å². The van der Waals surface area contributed by atoms with Crippen LogP contribution in [0.5, 0.6) is 0 Å². The molecule has 0 unspecified atom stereocenters. The first-order valence-corrected chi connectivity index (χ1v) is 9.52. The van der Waals surface area contributed by atoms with E-state index in [-0.39, 0.29) is 4.21 Å². The number of sulfonamides is 1. The Bertz CT molecular complexity index is 712. The number of halogens is 1. The molecule has 0 saturated carbocycles. The summed E-state index contributed by atoms with van der Waals surface area (Å²) >= 11 is 6.78. The molecule has 22 heavy (non-hydrogen) atoms. The van der Waals surface area contributed by atoms with Crippen LogP contribution in [0.4, 0.5) is 11.5 Å². The fourth-order valence-corrected chi connectivity index (χ4v) is 4.22. The normalized spacial score (nSPS) is 11.6. The molecule has 0 aliphatic heterocycles. The van der Waals surface area contributed by atoms with Gasteiger partial charge in [0.25, 0.3) is 10.0 Å². The second-order valence-corrected chi connectivity index (χ2v) is 8.83. The van der Waals surface area contributed by atoms with Crippen molar-refractivity contribution in [2.45, 2.75) is 24.5 Å². The van der Waals surface area contributed by atoms with Gasteiger partial charge >= 0.3 is 0 Å². The molecule has 2 aromatic heterocycles. The van der Waals surface area contributed by atoms with Gasteiger partial charge in [-0.25, -0.2) is 13.4 Å². The number of nitrogens with zero attached hydrogens (tertiary/aromatic N) is 1. The summed E-state index contributed by atoms with van der Waals surface area (Å²) in [5, 5.41) is 3.20. The molecule has 8 heteroatoms. The minimum absolute atomic E-state index is 0.177. The van der Waals surface area contributed by atoms with E-state index < -0.39 is 10.0 Å². The molecule has 2 rings (SSSR count). The molecule has 2 aromatic rings. The third-order valence-corrected chi connectivity index (χ3v) is 5.96. The molecule has 0 spiro atoms. The number of hydrogen-bond donors (Lipinski definition) is 2. The molecule has 0 atom stereocenters. The largest absolute Gasteiger partial charge is 0.370 e. The quantitative estimate of drug-likeness (QED) is 0.782. The van der Waals surface area contributed by atoms with Gasteiger partial charge in [0.2, 0.25) is 0 Å². The maximum Gasteiger partial charge on any atom is 0.271 e. The van der Waals surface area contributed by atoms with E-state index in [9.17, 15) is 8.42 Å². The summed E-state index contributed by atoms with van der Waals surface area (Å²) in [7, 11) is -3.61. The Morgan fingerprint density at radius 2 is 2.05 bits per heavy atom. The zero-order chi connectivity index (χ0) is 16.2. The van der Waals surface area contributed by atoms with Crippen LogP contribution in [0.1, 0.15) is 20.3 Å². The molecule has 0 aromatic carbocycles. The molecule has 0 aliphatic carbocycles. The molecule has 0 bridgehead atoms. The van der Waals surface area contributed by atoms with Crippen molar-refractivity contribution in [2.75, 3.05) is 16.6 Å². The third kappa shape index (κ3) is 4.86. The van der Waals surface area contributed by atoms with Gasteiger partial charge in [0, 0.05) is 6.54 Å². The van der Waals surface area contributed by atoms with Gasteiger partial charge in [-0.15, -0.1) is 11.3 Å². The molecule has 2 heterocycles. The van der Waals surface area contributed by atoms with Crippen LogP contribution in [0.3, 0.4) is 0 Å². The first-order valence-electron chi connectivity index (χ1n) is 6.85. The van der Waals surface area contributed by atoms with Crippen molar-refractivity contribution >= 4 is 44.5 Å². The topological polar surface area (TPSA) is 71.1 Å². The smallest absolute Gasteiger partial charge is 0.271 e. The van der Waals surface area contributed by atoms with Crippen molar-refractivity contribution in [1.82, 2.24) is 4.98 Å². The van der Waals surface area contributed by atoms with E-state index in [0.29, 0.717) is 15.9 Å². The molecule has 0 fully saturated rings. The van der Waals surface area contributed by atoms with Gasteiger partial charge in [-0.05, 0) is 36.6 Å². The van der Waals surface area contributed by atoms with E-state index in [1.54, 1.807) is 18.2 Å². The number of hydrogen-bond acceptors (Lipinski definition) is 5. The average Bonchev–Trinajstić information content (AvgIpc) is 2.88. The fourth-order valence-electron chi connectivity index (χ4n) is 1.70. The van der Waals surface area contributed by atoms with E-state index in [2.05, 4.69) is 28.9 Å². The van der Waals surface area contributed by atoms with E-state index in [0.717, 1.165) is 30.1 Å². The summed E-state index contributed by atoms with van der Waals surface area (Å²) in [6.45, 7) is 5.15. The maximum atomic E-state index is 12.1. The lowest BCUT2D eigenvalue weighted by Gasteiger charge is -2.09. The Labute approximate surface area is 139 Å². The monoisotopic (exact) mass is 359 g/mol. The Morgan fingerprint density at radius 3 is 2.59 bits per heavy atom. The second-order valence-electron chi connectivity index (χ2n) is 5.21. The number of anilines is 2. The van der Waals surface area contributed by atoms with Gasteiger partial charge in [0.1, 0.15) is 10.0 Å². The number of nitrogens with one attached hydrogen (secondary N) is 2. The van der Waals surface area contributed by atoms with Gasteiger partial charge in [0.05, 0.1) is 16.2 Å². The standard InChI is InChI=1S/C14H18ClN3O2S2/c1-10(2)7-8-16-13-5-3-11(9-17-13)18-22(19,20)14-6-4-12(15)21-14/h3-6,9-10,18H,7-8H2,1-2H3,(H,16,17). The van der Waals surface area contributed by atoms with Gasteiger partial charge in [-0.3, -0.25) is 4.72 Å². The zero-order valence-corrected chi connectivity index (χ0v) is 14.7. The average molecular weight is 360 g/mol. The second kappa shape index (κ2) is 7.30. The SMILES string of the molecule is CC(C)CCNc1ccc(NS(=O)(=O)c2ccc(Cl)s2)cn1. The Morgan fingerprint density at radius 1 is 1.27 bits per heavy atom. The molecule has 120 valence electrons. The molecule has 0 saturated heterocycles. The molecule has 5 nitrogen and oxygen atoms in total. The van der Waals surface area contributed by atoms with Crippen LogP contribution in [-0.4, -0.2) is 19.9 Å². The lowest BCUT2D eigenvalue weighted by molar-refractivity contribution is 0.603. The van der Waals surface area contributed by atoms with Gasteiger partial charge in [-0.2, -0.15) is 0 Å². The Kier molecular flexibility index (Phi) is 5.66. The van der Waals surface area contributed by atoms with Crippen LogP contribution in [0, 0.1) is 5.92 Å². The molecule has 0 aliphatic rings. The minimum Gasteiger partial charge on any atom is -0.370 e. The van der Waals surface area contributed by atoms with E-state index in [1.165, 1.54) is 12.3 Å². The number of pyridine rings is 1. The summed E-state index contributed by atoms with van der Waals surface area (Å²) in [6, 6.07) is 6.46. The van der Waals surface area contributed by atoms with Crippen molar-refractivity contribution in [3.05, 3.63) is 34.8 Å². The summed E-state index contributed by atoms with van der Waals surface area (Å²) in [4.78, 5) is 4.20. The number of aromatic nitrogens is 1. The van der Waals surface area contributed by atoms with Crippen molar-refractivity contribution in [2.24, 2.45) is 5.92 Å². The van der Waals surface area contributed by atoms with Crippen LogP contribution in [0.2, 0.25) is 4.34 Å². The molecular weight excluding hydrogens is 342 g/mol. The highest BCUT2D eigenvalue weighted by Gasteiger charge is 2.16. The maximum absolute atomic E-state index is 12.1. The zero-order valence-electron chi connectivity index (χ0n) is 12.3. The van der Waals surface area contributed by atoms with Crippen LogP contribution in [0.15, 0.2) is 34.7 Å². The summed E-state index contributed by atoms with van der Waals surface area (Å²) in [5.74, 6) is 1.35. The highest BCUT2D eigenvalue weighted by atomic mass is 35.5.